The van der Waals surface area contributed by atoms with Gasteiger partial charge in [0.1, 0.15) is 17.0 Å². The molecule has 8 nitrogen and oxygen atoms in total. The van der Waals surface area contributed by atoms with Crippen LogP contribution in [0.3, 0.4) is 0 Å². The van der Waals surface area contributed by atoms with Gasteiger partial charge in [-0.25, -0.2) is 9.97 Å². The van der Waals surface area contributed by atoms with Crippen molar-refractivity contribution in [3.63, 3.8) is 0 Å². The van der Waals surface area contributed by atoms with Crippen molar-refractivity contribution < 1.29 is 14.6 Å². The van der Waals surface area contributed by atoms with Crippen LogP contribution in [0.5, 0.6) is 11.5 Å². The minimum absolute atomic E-state index is 0.476. The summed E-state index contributed by atoms with van der Waals surface area (Å²) in [5.41, 5.74) is 4.17. The molecule has 1 atom stereocenters. The lowest BCUT2D eigenvalue weighted by Crippen LogP contribution is -2.49. The van der Waals surface area contributed by atoms with Crippen LogP contribution in [0.1, 0.15) is 31.4 Å². The van der Waals surface area contributed by atoms with Gasteiger partial charge >= 0.3 is 0 Å². The normalized spacial score (nSPS) is 16.7. The third-order valence-electron chi connectivity index (χ3n) is 7.72. The number of benzene rings is 3. The molecule has 6 rings (SSSR count). The summed E-state index contributed by atoms with van der Waals surface area (Å²) in [4.78, 5) is 15.0. The lowest BCUT2D eigenvalue weighted by atomic mass is 10.0. The second-order valence-corrected chi connectivity index (χ2v) is 11.1. The van der Waals surface area contributed by atoms with Gasteiger partial charge in [-0.05, 0) is 54.8 Å². The van der Waals surface area contributed by atoms with Crippen molar-refractivity contribution in [3.05, 3.63) is 83.9 Å². The van der Waals surface area contributed by atoms with Gasteiger partial charge < -0.3 is 28.9 Å². The summed E-state index contributed by atoms with van der Waals surface area (Å²) in [5, 5.41) is 12.3. The van der Waals surface area contributed by atoms with Crippen LogP contribution < -0.4 is 19.3 Å². The van der Waals surface area contributed by atoms with Gasteiger partial charge in [-0.2, -0.15) is 0 Å². The van der Waals surface area contributed by atoms with Crippen LogP contribution in [0.2, 0.25) is 0 Å². The number of hydrogen-bond acceptors (Lipinski definition) is 7. The fourth-order valence-electron chi connectivity index (χ4n) is 5.85. The Hall–Kier alpha value is -4.30. The molecule has 3 heterocycles. The highest BCUT2D eigenvalue weighted by Gasteiger charge is 2.35. The number of β-amino-alcohol motifs (C(OH)–C–C–N with tert-alkyl or cyclic N) is 1. The zero-order valence-electron chi connectivity index (χ0n) is 24.2. The number of imidazole rings is 1. The van der Waals surface area contributed by atoms with Crippen molar-refractivity contribution >= 4 is 33.7 Å². The number of hydrogen-bond donors (Lipinski definition) is 1. The molecule has 2 aromatic heterocycles. The largest absolute Gasteiger partial charge is 0.497 e. The molecule has 212 valence electrons. The molecule has 0 radical (unpaired) electrons. The zero-order chi connectivity index (χ0) is 28.6. The van der Waals surface area contributed by atoms with Crippen LogP contribution in [-0.4, -0.2) is 52.6 Å². The summed E-state index contributed by atoms with van der Waals surface area (Å²) in [6, 6.07) is 24.6. The Labute approximate surface area is 240 Å². The number of aromatic nitrogens is 3. The molecule has 0 bridgehead atoms. The van der Waals surface area contributed by atoms with Gasteiger partial charge in [0, 0.05) is 25.0 Å². The molecule has 0 fully saturated rings. The highest BCUT2D eigenvalue weighted by molar-refractivity contribution is 6.08. The molecule has 8 heteroatoms. The van der Waals surface area contributed by atoms with Crippen LogP contribution in [0.25, 0.3) is 21.9 Å². The van der Waals surface area contributed by atoms with E-state index in [1.807, 2.05) is 43.3 Å². The first-order valence-electron chi connectivity index (χ1n) is 14.2. The number of fused-ring (bicyclic) bond motifs is 5. The monoisotopic (exact) mass is 551 g/mol. The van der Waals surface area contributed by atoms with Gasteiger partial charge in [-0.1, -0.05) is 49.4 Å². The highest BCUT2D eigenvalue weighted by Crippen LogP contribution is 2.38. The minimum Gasteiger partial charge on any atom is -0.497 e. The average Bonchev–Trinajstić information content (AvgIpc) is 3.36. The van der Waals surface area contributed by atoms with Gasteiger partial charge in [0.2, 0.25) is 5.95 Å². The smallest absolute Gasteiger partial charge is 0.206 e. The zero-order valence-corrected chi connectivity index (χ0v) is 24.2. The second kappa shape index (κ2) is 10.9. The quantitative estimate of drug-likeness (QED) is 0.249. The molecule has 3 aromatic carbocycles. The van der Waals surface area contributed by atoms with Gasteiger partial charge in [0.15, 0.2) is 5.82 Å². The van der Waals surface area contributed by atoms with Crippen molar-refractivity contribution in [3.8, 4) is 11.5 Å². The Morgan fingerprint density at radius 1 is 0.854 bits per heavy atom. The van der Waals surface area contributed by atoms with Crippen LogP contribution in [0.4, 0.5) is 11.8 Å². The van der Waals surface area contributed by atoms with Crippen molar-refractivity contribution in [2.45, 2.75) is 45.5 Å². The molecule has 1 unspecified atom stereocenters. The Morgan fingerprint density at radius 3 is 2.05 bits per heavy atom. The van der Waals surface area contributed by atoms with Gasteiger partial charge in [-0.3, -0.25) is 0 Å². The third kappa shape index (κ3) is 5.27. The van der Waals surface area contributed by atoms with E-state index in [-0.39, 0.29) is 0 Å². The first-order valence-corrected chi connectivity index (χ1v) is 14.2. The highest BCUT2D eigenvalue weighted by atomic mass is 16.5. The molecule has 1 aliphatic rings. The van der Waals surface area contributed by atoms with Gasteiger partial charge in [-0.15, -0.1) is 0 Å². The Bertz CT molecular complexity index is 1610. The fourth-order valence-corrected chi connectivity index (χ4v) is 5.85. The van der Waals surface area contributed by atoms with E-state index in [0.717, 1.165) is 69.3 Å². The summed E-state index contributed by atoms with van der Waals surface area (Å²) < 4.78 is 13.0. The van der Waals surface area contributed by atoms with Crippen LogP contribution >= 0.6 is 0 Å². The lowest BCUT2D eigenvalue weighted by molar-refractivity contribution is 0.0417. The summed E-state index contributed by atoms with van der Waals surface area (Å²) in [7, 11) is 3.36. The van der Waals surface area contributed by atoms with Crippen molar-refractivity contribution in [1.82, 2.24) is 14.5 Å². The van der Waals surface area contributed by atoms with E-state index in [9.17, 15) is 5.11 Å². The number of aliphatic hydroxyl groups is 1. The van der Waals surface area contributed by atoms with E-state index in [0.29, 0.717) is 26.2 Å². The number of methoxy groups -OCH3 is 2. The average molecular weight is 552 g/mol. The SMILES string of the molecule is CCCN1CC(C)(O)Cn2c1nc1c(N(Cc3ccc(OC)cc3)Cc3ccc(OC)cc3)nc3ccccc3c12. The first kappa shape index (κ1) is 26.9. The van der Waals surface area contributed by atoms with Gasteiger partial charge in [0.25, 0.3) is 0 Å². The van der Waals surface area contributed by atoms with E-state index in [1.165, 1.54) is 0 Å². The van der Waals surface area contributed by atoms with Crippen LogP contribution in [-0.2, 0) is 19.6 Å². The third-order valence-corrected chi connectivity index (χ3v) is 7.72. The number of ether oxygens (including phenoxy) is 2. The van der Waals surface area contributed by atoms with Crippen molar-refractivity contribution in [1.29, 1.82) is 0 Å². The summed E-state index contributed by atoms with van der Waals surface area (Å²) in [6.07, 6.45) is 0.964. The maximum Gasteiger partial charge on any atom is 0.206 e. The van der Waals surface area contributed by atoms with E-state index in [1.54, 1.807) is 14.2 Å². The predicted molar refractivity (Wildman–Crippen MR) is 164 cm³/mol. The van der Waals surface area contributed by atoms with Crippen molar-refractivity contribution in [2.24, 2.45) is 0 Å². The Morgan fingerprint density at radius 2 is 1.46 bits per heavy atom. The molecule has 41 heavy (non-hydrogen) atoms. The lowest BCUT2D eigenvalue weighted by Gasteiger charge is -2.38. The molecule has 5 aromatic rings. The number of nitrogens with zero attached hydrogens (tertiary/aromatic N) is 5. The maximum atomic E-state index is 11.3. The summed E-state index contributed by atoms with van der Waals surface area (Å²) in [6.45, 7) is 7.18. The van der Waals surface area contributed by atoms with E-state index < -0.39 is 5.60 Å². The molecule has 1 aliphatic heterocycles. The molecule has 0 saturated heterocycles. The van der Waals surface area contributed by atoms with E-state index >= 15 is 0 Å². The van der Waals surface area contributed by atoms with Gasteiger partial charge in [0.05, 0.1) is 43.9 Å². The van der Waals surface area contributed by atoms with Crippen LogP contribution in [0.15, 0.2) is 72.8 Å². The van der Waals surface area contributed by atoms with Crippen LogP contribution in [0, 0.1) is 0 Å². The standard InChI is InChI=1S/C33H37N5O3/c1-5-18-36-21-33(2,39)22-38-30-27-8-6-7-9-28(27)34-31(29(30)35-32(36)38)37(19-23-10-14-25(40-3)15-11-23)20-24-12-16-26(41-4)17-13-24/h6-17,39H,5,18-22H2,1-4H3. The number of rotatable bonds is 9. The Balaban J connectivity index is 1.55. The molecule has 0 spiro atoms. The summed E-state index contributed by atoms with van der Waals surface area (Å²) in [5.74, 6) is 3.36. The predicted octanol–water partition coefficient (Wildman–Crippen LogP) is 5.79. The Kier molecular flexibility index (Phi) is 7.17. The molecule has 0 amide bonds. The molecular weight excluding hydrogens is 514 g/mol. The molecule has 0 saturated carbocycles. The maximum absolute atomic E-state index is 11.3. The molecular formula is C33H37N5O3. The van der Waals surface area contributed by atoms with E-state index in [4.69, 9.17) is 19.4 Å². The summed E-state index contributed by atoms with van der Waals surface area (Å²) >= 11 is 0. The number of anilines is 2. The number of pyridine rings is 1. The minimum atomic E-state index is -0.869. The first-order chi connectivity index (χ1) is 19.9. The topological polar surface area (TPSA) is 75.9 Å². The molecule has 0 aliphatic carbocycles. The van der Waals surface area contributed by atoms with E-state index in [2.05, 4.69) is 57.7 Å². The fraction of sp³-hybridized carbons (Fsp3) is 0.333. The number of para-hydroxylation sites is 1. The second-order valence-electron chi connectivity index (χ2n) is 11.1. The van der Waals surface area contributed by atoms with Crippen molar-refractivity contribution in [2.75, 3.05) is 37.1 Å². The molecule has 1 N–H and O–H groups in total.